The summed E-state index contributed by atoms with van der Waals surface area (Å²) in [5.41, 5.74) is 7.58. The molecule has 0 saturated carbocycles. The van der Waals surface area contributed by atoms with Crippen LogP contribution < -0.4 is 15.2 Å². The van der Waals surface area contributed by atoms with Gasteiger partial charge in [0, 0.05) is 79.6 Å². The average Bonchev–Trinajstić information content (AvgIpc) is 3.66. The number of hydrogen-bond donors (Lipinski definition) is 1. The predicted octanol–water partition coefficient (Wildman–Crippen LogP) is 6.29. The molecular weight excluding hydrogens is 609 g/mol. The average molecular weight is 648 g/mol. The Kier molecular flexibility index (Phi) is 8.12. The lowest BCUT2D eigenvalue weighted by Gasteiger charge is -2.32. The predicted molar refractivity (Wildman–Crippen MR) is 185 cm³/mol. The molecule has 3 aromatic heterocycles. The summed E-state index contributed by atoms with van der Waals surface area (Å²) < 4.78 is 24.1. The van der Waals surface area contributed by atoms with Gasteiger partial charge in [-0.25, -0.2) is 14.2 Å². The number of benzene rings is 2. The second-order valence-electron chi connectivity index (χ2n) is 12.7. The van der Waals surface area contributed by atoms with Gasteiger partial charge in [0.1, 0.15) is 17.2 Å². The molecule has 48 heavy (non-hydrogen) atoms. The highest BCUT2D eigenvalue weighted by Gasteiger charge is 2.27. The zero-order valence-corrected chi connectivity index (χ0v) is 27.5. The SMILES string of the molecule is COc1ccc(CN2CCc3c2ccn(-c2ccnc4c2cc([C@H](C)N2CC=C(c5c(C)cc(C(=O)O)cc5F)CC2)n4C)c3=O)cc1. The van der Waals surface area contributed by atoms with Gasteiger partial charge in [-0.3, -0.25) is 14.3 Å². The maximum absolute atomic E-state index is 15.0. The van der Waals surface area contributed by atoms with Gasteiger partial charge in [0.15, 0.2) is 0 Å². The molecule has 2 aliphatic rings. The van der Waals surface area contributed by atoms with E-state index in [2.05, 4.69) is 39.5 Å². The van der Waals surface area contributed by atoms with E-state index in [9.17, 15) is 19.1 Å². The fourth-order valence-corrected chi connectivity index (χ4v) is 7.33. The minimum atomic E-state index is -1.14. The zero-order chi connectivity index (χ0) is 33.7. The third kappa shape index (κ3) is 5.45. The number of rotatable bonds is 8. The summed E-state index contributed by atoms with van der Waals surface area (Å²) in [7, 11) is 3.66. The Morgan fingerprint density at radius 1 is 1.06 bits per heavy atom. The van der Waals surface area contributed by atoms with Gasteiger partial charge >= 0.3 is 5.97 Å². The monoisotopic (exact) mass is 647 g/mol. The summed E-state index contributed by atoms with van der Waals surface area (Å²) >= 11 is 0. The van der Waals surface area contributed by atoms with E-state index in [0.29, 0.717) is 37.1 Å². The van der Waals surface area contributed by atoms with Crippen LogP contribution in [0.3, 0.4) is 0 Å². The van der Waals surface area contributed by atoms with E-state index in [4.69, 9.17) is 9.72 Å². The molecule has 9 nitrogen and oxygen atoms in total. The van der Waals surface area contributed by atoms with Crippen LogP contribution >= 0.6 is 0 Å². The molecule has 0 saturated heterocycles. The molecule has 0 aliphatic carbocycles. The third-order valence-electron chi connectivity index (χ3n) is 9.95. The van der Waals surface area contributed by atoms with Crippen molar-refractivity contribution in [1.29, 1.82) is 0 Å². The van der Waals surface area contributed by atoms with E-state index < -0.39 is 11.8 Å². The molecule has 2 aliphatic heterocycles. The number of pyridine rings is 2. The fraction of sp³-hybridized carbons (Fsp3) is 0.289. The van der Waals surface area contributed by atoms with Crippen LogP contribution in [0.25, 0.3) is 22.3 Å². The summed E-state index contributed by atoms with van der Waals surface area (Å²) in [4.78, 5) is 34.6. The second kappa shape index (κ2) is 12.4. The van der Waals surface area contributed by atoms with Gasteiger partial charge in [-0.1, -0.05) is 18.2 Å². The number of fused-ring (bicyclic) bond motifs is 2. The van der Waals surface area contributed by atoms with Crippen LogP contribution in [0.15, 0.2) is 77.9 Å². The van der Waals surface area contributed by atoms with Crippen molar-refractivity contribution >= 4 is 28.3 Å². The summed E-state index contributed by atoms with van der Waals surface area (Å²) in [5.74, 6) is -0.817. The number of nitrogens with zero attached hydrogens (tertiary/aromatic N) is 5. The Balaban J connectivity index is 1.14. The number of carboxylic acid groups (broad SMARTS) is 1. The van der Waals surface area contributed by atoms with Crippen LogP contribution in [0.1, 0.15) is 57.7 Å². The highest BCUT2D eigenvalue weighted by atomic mass is 19.1. The van der Waals surface area contributed by atoms with Gasteiger partial charge in [-0.2, -0.15) is 0 Å². The van der Waals surface area contributed by atoms with Crippen molar-refractivity contribution in [3.05, 3.63) is 123 Å². The number of methoxy groups -OCH3 is 1. The minimum Gasteiger partial charge on any atom is -0.497 e. The van der Waals surface area contributed by atoms with Crippen LogP contribution in [-0.2, 0) is 20.0 Å². The van der Waals surface area contributed by atoms with E-state index in [0.717, 1.165) is 69.7 Å². The first kappa shape index (κ1) is 31.4. The van der Waals surface area contributed by atoms with E-state index in [1.807, 2.05) is 43.6 Å². The van der Waals surface area contributed by atoms with Crippen molar-refractivity contribution in [2.45, 2.75) is 39.3 Å². The van der Waals surface area contributed by atoms with Gasteiger partial charge in [0.2, 0.25) is 0 Å². The molecule has 5 heterocycles. The van der Waals surface area contributed by atoms with Gasteiger partial charge in [-0.05, 0) is 85.9 Å². The van der Waals surface area contributed by atoms with Gasteiger partial charge in [-0.15, -0.1) is 0 Å². The lowest BCUT2D eigenvalue weighted by atomic mass is 9.93. The molecule has 0 amide bonds. The number of anilines is 1. The van der Waals surface area contributed by atoms with E-state index in [1.54, 1.807) is 24.8 Å². The molecule has 246 valence electrons. The Hall–Kier alpha value is -5.22. The van der Waals surface area contributed by atoms with Crippen molar-refractivity contribution in [2.75, 3.05) is 31.6 Å². The smallest absolute Gasteiger partial charge is 0.335 e. The number of carboxylic acids is 1. The number of ether oxygens (including phenoxy) is 1. The number of aryl methyl sites for hydroxylation is 2. The van der Waals surface area contributed by atoms with Gasteiger partial charge in [0.25, 0.3) is 5.56 Å². The molecule has 10 heteroatoms. The normalized spacial score (nSPS) is 15.4. The summed E-state index contributed by atoms with van der Waals surface area (Å²) in [6.07, 6.45) is 7.00. The van der Waals surface area contributed by atoms with E-state index in [-0.39, 0.29) is 17.2 Å². The lowest BCUT2D eigenvalue weighted by molar-refractivity contribution is 0.0696. The van der Waals surface area contributed by atoms with E-state index in [1.165, 1.54) is 6.07 Å². The Morgan fingerprint density at radius 2 is 1.85 bits per heavy atom. The van der Waals surface area contributed by atoms with Crippen LogP contribution in [0.2, 0.25) is 0 Å². The van der Waals surface area contributed by atoms with E-state index >= 15 is 0 Å². The first-order valence-corrected chi connectivity index (χ1v) is 16.2. The quantitative estimate of drug-likeness (QED) is 0.212. The zero-order valence-electron chi connectivity index (χ0n) is 27.5. The van der Waals surface area contributed by atoms with Crippen molar-refractivity contribution in [3.8, 4) is 11.4 Å². The first-order chi connectivity index (χ1) is 23.1. The number of halogens is 1. The topological polar surface area (TPSA) is 92.8 Å². The maximum atomic E-state index is 15.0. The Labute approximate surface area is 278 Å². The molecule has 2 aromatic carbocycles. The molecule has 0 spiro atoms. The van der Waals surface area contributed by atoms with Crippen LogP contribution in [0, 0.1) is 12.7 Å². The Morgan fingerprint density at radius 3 is 2.54 bits per heavy atom. The largest absolute Gasteiger partial charge is 0.497 e. The standard InChI is InChI=1S/C38H38FN5O4/c1-23-19-27(38(46)47)20-31(39)35(23)26-10-15-42(16-11-26)24(2)34-21-30-33(9-14-40-36(30)41(34)3)44-18-13-32-29(37(44)45)12-17-43(32)22-25-5-7-28(48-4)8-6-25/h5-10,13-14,18-21,24H,11-12,15-17,22H2,1-4H3,(H,46,47)/t24-/m0/s1. The molecule has 0 unspecified atom stereocenters. The molecule has 5 aromatic rings. The molecule has 7 rings (SSSR count). The molecule has 0 bridgehead atoms. The number of carbonyl (C=O) groups is 1. The fourth-order valence-electron chi connectivity index (χ4n) is 7.33. The number of aromatic carboxylic acids is 1. The van der Waals surface area contributed by atoms with Crippen molar-refractivity contribution in [2.24, 2.45) is 7.05 Å². The second-order valence-corrected chi connectivity index (χ2v) is 12.7. The molecule has 0 fully saturated rings. The highest BCUT2D eigenvalue weighted by Crippen LogP contribution is 2.35. The van der Waals surface area contributed by atoms with Crippen molar-refractivity contribution in [1.82, 2.24) is 19.0 Å². The lowest BCUT2D eigenvalue weighted by Crippen LogP contribution is -2.32. The molecule has 1 N–H and O–H groups in total. The molecule has 0 radical (unpaired) electrons. The number of hydrogen-bond acceptors (Lipinski definition) is 6. The van der Waals surface area contributed by atoms with Gasteiger partial charge in [0.05, 0.1) is 18.4 Å². The van der Waals surface area contributed by atoms with Crippen LogP contribution in [-0.4, -0.2) is 56.8 Å². The summed E-state index contributed by atoms with van der Waals surface area (Å²) in [6.45, 7) is 6.75. The molecule has 1 atom stereocenters. The summed E-state index contributed by atoms with van der Waals surface area (Å²) in [5, 5.41) is 10.2. The highest BCUT2D eigenvalue weighted by molar-refractivity contribution is 5.89. The Bertz CT molecular complexity index is 2130. The van der Waals surface area contributed by atoms with Crippen LogP contribution in [0.5, 0.6) is 5.75 Å². The molecular formula is C38H38FN5O4. The van der Waals surface area contributed by atoms with Crippen molar-refractivity contribution < 1.29 is 19.0 Å². The number of aromatic nitrogens is 3. The van der Waals surface area contributed by atoms with Gasteiger partial charge < -0.3 is 19.3 Å². The van der Waals surface area contributed by atoms with Crippen molar-refractivity contribution in [3.63, 3.8) is 0 Å². The summed E-state index contributed by atoms with van der Waals surface area (Å²) in [6, 6.07) is 16.8. The van der Waals surface area contributed by atoms with Crippen LogP contribution in [0.4, 0.5) is 10.1 Å². The minimum absolute atomic E-state index is 0.0108. The maximum Gasteiger partial charge on any atom is 0.335 e. The first-order valence-electron chi connectivity index (χ1n) is 16.2. The third-order valence-corrected chi connectivity index (χ3v) is 9.95.